The van der Waals surface area contributed by atoms with E-state index in [9.17, 15) is 4.79 Å². The lowest BCUT2D eigenvalue weighted by molar-refractivity contribution is -0.117. The summed E-state index contributed by atoms with van der Waals surface area (Å²) >= 11 is 14.4. The second-order valence-corrected chi connectivity index (χ2v) is 3.08. The molecule has 0 aromatic heterocycles. The van der Waals surface area contributed by atoms with Gasteiger partial charge in [0.15, 0.2) is 0 Å². The molecule has 0 saturated carbocycles. The van der Waals surface area contributed by atoms with Crippen LogP contribution in [0.25, 0.3) is 0 Å². The van der Waals surface area contributed by atoms with Crippen molar-refractivity contribution >= 4 is 40.7 Å². The van der Waals surface area contributed by atoms with Crippen LogP contribution in [0, 0.1) is 0 Å². The highest BCUT2D eigenvalue weighted by atomic mass is 35.6. The first-order valence-corrected chi connectivity index (χ1v) is 2.38. The summed E-state index contributed by atoms with van der Waals surface area (Å²) < 4.78 is -2.17. The van der Waals surface area contributed by atoms with E-state index in [2.05, 4.69) is 0 Å². The van der Waals surface area contributed by atoms with Crippen LogP contribution >= 0.6 is 34.8 Å². The number of rotatable bonds is 0. The number of carbonyl (C=O) groups is 1. The lowest BCUT2D eigenvalue weighted by atomic mass is 10.7. The number of hydrogen-bond acceptors (Lipinski definition) is 1. The van der Waals surface area contributed by atoms with Gasteiger partial charge in [-0.2, -0.15) is 0 Å². The van der Waals surface area contributed by atoms with Crippen LogP contribution in [0.5, 0.6) is 0 Å². The highest BCUT2D eigenvalue weighted by Crippen LogP contribution is 2.24. The van der Waals surface area contributed by atoms with Gasteiger partial charge in [0.2, 0.25) is 0 Å². The van der Waals surface area contributed by atoms with E-state index in [1.165, 1.54) is 0 Å². The Morgan fingerprint density at radius 2 is 1.57 bits per heavy atom. The molecular weight excluding hydrogens is 160 g/mol. The number of nitrogens with zero attached hydrogens (tertiary/aromatic N) is 1. The van der Waals surface area contributed by atoms with E-state index in [0.717, 1.165) is 0 Å². The predicted molar refractivity (Wildman–Crippen MR) is 27.4 cm³/mol. The van der Waals surface area contributed by atoms with Crippen molar-refractivity contribution in [2.45, 2.75) is 3.79 Å². The van der Waals surface area contributed by atoms with Crippen molar-refractivity contribution in [3.63, 3.8) is 0 Å². The minimum atomic E-state index is -2.17. The average molecular weight is 160 g/mol. The van der Waals surface area contributed by atoms with Gasteiger partial charge in [0, 0.05) is 0 Å². The molecule has 0 aliphatic heterocycles. The molecule has 0 aromatic rings. The van der Waals surface area contributed by atoms with Gasteiger partial charge in [-0.05, 0) is 0 Å². The molecule has 0 unspecified atom stereocenters. The van der Waals surface area contributed by atoms with Crippen LogP contribution in [0.3, 0.4) is 0 Å². The Morgan fingerprint density at radius 1 is 1.43 bits per heavy atom. The van der Waals surface area contributed by atoms with Crippen LogP contribution in [-0.2, 0) is 4.79 Å². The first-order valence-electron chi connectivity index (χ1n) is 1.24. The lowest BCUT2D eigenvalue weighted by Gasteiger charge is -1.98. The zero-order chi connectivity index (χ0) is 6.08. The highest BCUT2D eigenvalue weighted by Gasteiger charge is 2.29. The van der Waals surface area contributed by atoms with Crippen LogP contribution < -0.4 is 5.73 Å². The number of amides is 1. The van der Waals surface area contributed by atoms with Gasteiger partial charge in [-0.1, -0.05) is 34.8 Å². The summed E-state index contributed by atoms with van der Waals surface area (Å²) in [5.41, 5.74) is 7.85. The second kappa shape index (κ2) is 2.07. The highest BCUT2D eigenvalue weighted by molar-refractivity contribution is 6.76. The molecule has 1 amide bonds. The summed E-state index contributed by atoms with van der Waals surface area (Å²) in [7, 11) is 0. The van der Waals surface area contributed by atoms with Crippen molar-refractivity contribution in [2.75, 3.05) is 0 Å². The monoisotopic (exact) mass is 159 g/mol. The molecule has 0 spiro atoms. The zero-order valence-electron chi connectivity index (χ0n) is 2.99. The number of alkyl halides is 3. The quantitative estimate of drug-likeness (QED) is 0.486. The topological polar surface area (TPSA) is 39.4 Å². The fourth-order valence-electron chi connectivity index (χ4n) is 0. The Kier molecular flexibility index (Phi) is 2.17. The molecular formula is C2Cl3NO. The minimum Gasteiger partial charge on any atom is -0.266 e. The fourth-order valence-corrected chi connectivity index (χ4v) is 0. The van der Waals surface area contributed by atoms with E-state index >= 15 is 0 Å². The number of carbonyl (C=O) groups excluding carboxylic acids is 1. The van der Waals surface area contributed by atoms with E-state index in [4.69, 9.17) is 40.5 Å². The molecule has 0 atom stereocenters. The summed E-state index contributed by atoms with van der Waals surface area (Å²) in [6.07, 6.45) is 0. The molecule has 0 heterocycles. The van der Waals surface area contributed by atoms with E-state index < -0.39 is 9.70 Å². The van der Waals surface area contributed by atoms with Gasteiger partial charge in [0.1, 0.15) is 0 Å². The smallest absolute Gasteiger partial charge is 0.266 e. The largest absolute Gasteiger partial charge is 0.316 e. The molecule has 0 fully saturated rings. The summed E-state index contributed by atoms with van der Waals surface area (Å²) in [5.74, 6) is -1.46. The van der Waals surface area contributed by atoms with Gasteiger partial charge in [-0.3, -0.25) is 4.79 Å². The van der Waals surface area contributed by atoms with Gasteiger partial charge < -0.3 is 0 Å². The Bertz CT molecular complexity index is 85.4. The van der Waals surface area contributed by atoms with Gasteiger partial charge in [0.25, 0.3) is 3.79 Å². The third-order valence-electron chi connectivity index (χ3n) is 0.243. The molecule has 0 aromatic carbocycles. The van der Waals surface area contributed by atoms with Gasteiger partial charge in [-0.15, -0.1) is 5.73 Å². The zero-order valence-corrected chi connectivity index (χ0v) is 5.26. The van der Waals surface area contributed by atoms with E-state index in [1.807, 2.05) is 0 Å². The van der Waals surface area contributed by atoms with E-state index in [-0.39, 0.29) is 0 Å². The van der Waals surface area contributed by atoms with Gasteiger partial charge in [0.05, 0.1) is 0 Å². The standard InChI is InChI=1S/C2Cl3NO/c3-2(4,5)1(6)7. The van der Waals surface area contributed by atoms with Crippen molar-refractivity contribution in [2.24, 2.45) is 0 Å². The molecule has 40 valence electrons. The van der Waals surface area contributed by atoms with Crippen molar-refractivity contribution in [3.05, 3.63) is 0 Å². The maximum Gasteiger partial charge on any atom is 0.316 e. The van der Waals surface area contributed by atoms with Crippen molar-refractivity contribution in [1.29, 1.82) is 0 Å². The van der Waals surface area contributed by atoms with E-state index in [0.29, 0.717) is 0 Å². The van der Waals surface area contributed by atoms with Gasteiger partial charge in [-0.25, -0.2) is 0 Å². The molecule has 2 radical (unpaired) electrons. The molecule has 0 aliphatic rings. The first-order chi connectivity index (χ1) is 2.94. The molecule has 0 aliphatic carbocycles. The van der Waals surface area contributed by atoms with E-state index in [1.54, 1.807) is 0 Å². The third-order valence-corrected chi connectivity index (χ3v) is 0.728. The molecule has 7 heavy (non-hydrogen) atoms. The Balaban J connectivity index is 3.79. The van der Waals surface area contributed by atoms with Crippen LogP contribution in [-0.4, -0.2) is 9.70 Å². The summed E-state index contributed by atoms with van der Waals surface area (Å²) in [6.45, 7) is 0. The maximum absolute atomic E-state index is 9.62. The summed E-state index contributed by atoms with van der Waals surface area (Å²) in [4.78, 5) is 9.62. The summed E-state index contributed by atoms with van der Waals surface area (Å²) in [5, 5.41) is 0. The fraction of sp³-hybridized carbons (Fsp3) is 0.500. The first kappa shape index (κ1) is 7.34. The molecule has 0 rings (SSSR count). The third kappa shape index (κ3) is 2.97. The van der Waals surface area contributed by atoms with Gasteiger partial charge >= 0.3 is 5.91 Å². The molecule has 0 saturated heterocycles. The van der Waals surface area contributed by atoms with Crippen molar-refractivity contribution in [1.82, 2.24) is 5.73 Å². The molecule has 0 bridgehead atoms. The Labute approximate surface area is 55.5 Å². The lowest BCUT2D eigenvalue weighted by Crippen LogP contribution is -2.18. The average Bonchev–Trinajstić information content (AvgIpc) is 1.31. The minimum absolute atomic E-state index is 1.46. The SMILES string of the molecule is [N]C(=O)C(Cl)(Cl)Cl. The normalized spacial score (nSPS) is 11.3. The number of hydrogen-bond donors (Lipinski definition) is 0. The van der Waals surface area contributed by atoms with Crippen LogP contribution in [0.2, 0.25) is 0 Å². The summed E-state index contributed by atoms with van der Waals surface area (Å²) in [6, 6.07) is 0. The maximum atomic E-state index is 9.62. The Hall–Kier alpha value is 0.340. The van der Waals surface area contributed by atoms with Crippen LogP contribution in [0.1, 0.15) is 0 Å². The number of halogens is 3. The van der Waals surface area contributed by atoms with Crippen molar-refractivity contribution < 1.29 is 4.79 Å². The molecule has 5 heteroatoms. The van der Waals surface area contributed by atoms with Crippen LogP contribution in [0.15, 0.2) is 0 Å². The molecule has 0 N–H and O–H groups in total. The predicted octanol–water partition coefficient (Wildman–Crippen LogP) is 0.952. The molecule has 2 nitrogen and oxygen atoms in total. The Morgan fingerprint density at radius 3 is 1.57 bits per heavy atom. The van der Waals surface area contributed by atoms with Crippen LogP contribution in [0.4, 0.5) is 0 Å². The second-order valence-electron chi connectivity index (χ2n) is 0.803. The van der Waals surface area contributed by atoms with Crippen molar-refractivity contribution in [3.8, 4) is 0 Å².